The summed E-state index contributed by atoms with van der Waals surface area (Å²) in [6.45, 7) is 5.99. The normalized spacial score (nSPS) is 12.4. The van der Waals surface area contributed by atoms with Crippen LogP contribution < -0.4 is 4.74 Å². The number of rotatable bonds is 9. The van der Waals surface area contributed by atoms with Crippen LogP contribution in [0, 0.1) is 0 Å². The van der Waals surface area contributed by atoms with Crippen molar-refractivity contribution in [3.63, 3.8) is 0 Å². The molecule has 0 aliphatic heterocycles. The van der Waals surface area contributed by atoms with Gasteiger partial charge in [0, 0.05) is 17.6 Å². The van der Waals surface area contributed by atoms with Gasteiger partial charge in [0.25, 0.3) is 0 Å². The van der Waals surface area contributed by atoms with Gasteiger partial charge in [0.15, 0.2) is 6.29 Å². The van der Waals surface area contributed by atoms with Gasteiger partial charge in [-0.3, -0.25) is 0 Å². The zero-order valence-electron chi connectivity index (χ0n) is 11.0. The van der Waals surface area contributed by atoms with Gasteiger partial charge in [-0.15, -0.1) is 0 Å². The fourth-order valence-corrected chi connectivity index (χ4v) is 1.78. The molecular weight excluding hydrogens is 343 g/mol. The molecule has 3 nitrogen and oxygen atoms in total. The average Bonchev–Trinajstić information content (AvgIpc) is 2.37. The molecule has 0 aliphatic carbocycles. The molecule has 0 aliphatic rings. The third-order valence-corrected chi connectivity index (χ3v) is 3.08. The molecule has 102 valence electrons. The molecule has 0 saturated heterocycles. The summed E-state index contributed by atoms with van der Waals surface area (Å²) in [5, 5.41) is 0. The molecule has 18 heavy (non-hydrogen) atoms. The van der Waals surface area contributed by atoms with Crippen LogP contribution in [-0.2, 0) is 16.1 Å². The summed E-state index contributed by atoms with van der Waals surface area (Å²) in [6.07, 6.45) is 0.897. The molecule has 1 rings (SSSR count). The third kappa shape index (κ3) is 6.56. The predicted octanol–water partition coefficient (Wildman–Crippen LogP) is 3.79. The lowest BCUT2D eigenvalue weighted by molar-refractivity contribution is -0.0613. The average molecular weight is 364 g/mol. The highest BCUT2D eigenvalue weighted by Crippen LogP contribution is 2.15. The van der Waals surface area contributed by atoms with Crippen molar-refractivity contribution in [1.29, 1.82) is 0 Å². The van der Waals surface area contributed by atoms with E-state index in [1.54, 1.807) is 0 Å². The molecule has 1 atom stereocenters. The van der Waals surface area contributed by atoms with E-state index in [1.165, 1.54) is 5.56 Å². The van der Waals surface area contributed by atoms with E-state index in [1.807, 2.05) is 38.1 Å². The maximum atomic E-state index is 5.59. The Hall–Kier alpha value is -0.330. The molecule has 0 radical (unpaired) electrons. The number of benzene rings is 1. The Balaban J connectivity index is 2.33. The smallest absolute Gasteiger partial charge is 0.196 e. The molecule has 4 heteroatoms. The zero-order chi connectivity index (χ0) is 13.2. The maximum absolute atomic E-state index is 5.59. The summed E-state index contributed by atoms with van der Waals surface area (Å²) in [4.78, 5) is 0. The molecular formula is C14H21IO3. The quantitative estimate of drug-likeness (QED) is 0.289. The van der Waals surface area contributed by atoms with E-state index in [9.17, 15) is 0 Å². The monoisotopic (exact) mass is 364 g/mol. The van der Waals surface area contributed by atoms with Crippen molar-refractivity contribution >= 4 is 22.6 Å². The highest BCUT2D eigenvalue weighted by atomic mass is 127. The van der Waals surface area contributed by atoms with Gasteiger partial charge in [0.1, 0.15) is 5.75 Å². The van der Waals surface area contributed by atoms with Gasteiger partial charge in [-0.25, -0.2) is 0 Å². The fraction of sp³-hybridized carbons (Fsp3) is 0.571. The lowest BCUT2D eigenvalue weighted by Gasteiger charge is -2.14. The second-order valence-corrected chi connectivity index (χ2v) is 4.96. The van der Waals surface area contributed by atoms with Crippen LogP contribution in [0.15, 0.2) is 24.3 Å². The van der Waals surface area contributed by atoms with E-state index in [0.717, 1.165) is 23.2 Å². The molecule has 0 saturated carbocycles. The summed E-state index contributed by atoms with van der Waals surface area (Å²) in [6, 6.07) is 7.95. The highest BCUT2D eigenvalue weighted by Gasteiger charge is 2.02. The first kappa shape index (κ1) is 15.7. The van der Waals surface area contributed by atoms with Gasteiger partial charge in [0.05, 0.1) is 6.61 Å². The first-order chi connectivity index (χ1) is 8.76. The Morgan fingerprint density at radius 1 is 1.22 bits per heavy atom. The number of hydrogen-bond donors (Lipinski definition) is 0. The Morgan fingerprint density at radius 2 is 1.94 bits per heavy atom. The first-order valence-corrected chi connectivity index (χ1v) is 7.79. The lowest BCUT2D eigenvalue weighted by Crippen LogP contribution is -2.15. The number of hydrogen-bond acceptors (Lipinski definition) is 3. The Labute approximate surface area is 123 Å². The standard InChI is InChI=1S/C14H21IO3/c1-3-17-12(2)18-14-7-5-13(6-8-14)11-16-10-4-9-15/h5-8,12H,3-4,9-11H2,1-2H3. The first-order valence-electron chi connectivity index (χ1n) is 6.27. The lowest BCUT2D eigenvalue weighted by atomic mass is 10.2. The summed E-state index contributed by atoms with van der Waals surface area (Å²) in [5.74, 6) is 0.826. The molecule has 0 heterocycles. The molecule has 0 N–H and O–H groups in total. The van der Waals surface area contributed by atoms with Crippen LogP contribution >= 0.6 is 22.6 Å². The maximum Gasteiger partial charge on any atom is 0.196 e. The largest absolute Gasteiger partial charge is 0.465 e. The molecule has 0 aromatic heterocycles. The highest BCUT2D eigenvalue weighted by molar-refractivity contribution is 14.1. The van der Waals surface area contributed by atoms with Crippen LogP contribution in [0.2, 0.25) is 0 Å². The van der Waals surface area contributed by atoms with E-state index >= 15 is 0 Å². The van der Waals surface area contributed by atoms with Gasteiger partial charge in [-0.1, -0.05) is 34.7 Å². The van der Waals surface area contributed by atoms with E-state index < -0.39 is 0 Å². The van der Waals surface area contributed by atoms with Gasteiger partial charge in [-0.2, -0.15) is 0 Å². The minimum atomic E-state index is -0.208. The van der Waals surface area contributed by atoms with Crippen molar-refractivity contribution in [3.05, 3.63) is 29.8 Å². The molecule has 0 amide bonds. The van der Waals surface area contributed by atoms with E-state index in [0.29, 0.717) is 13.2 Å². The third-order valence-electron chi connectivity index (χ3n) is 2.32. The summed E-state index contributed by atoms with van der Waals surface area (Å²) < 4.78 is 17.6. The zero-order valence-corrected chi connectivity index (χ0v) is 13.2. The van der Waals surface area contributed by atoms with Crippen LogP contribution in [0.25, 0.3) is 0 Å². The van der Waals surface area contributed by atoms with Gasteiger partial charge in [-0.05, 0) is 38.0 Å². The van der Waals surface area contributed by atoms with Crippen molar-refractivity contribution in [2.75, 3.05) is 17.6 Å². The Kier molecular flexibility index (Phi) is 8.37. The second-order valence-electron chi connectivity index (χ2n) is 3.88. The molecule has 0 spiro atoms. The number of ether oxygens (including phenoxy) is 3. The van der Waals surface area contributed by atoms with Crippen molar-refractivity contribution < 1.29 is 14.2 Å². The molecule has 1 aromatic rings. The summed E-state index contributed by atoms with van der Waals surface area (Å²) >= 11 is 2.36. The van der Waals surface area contributed by atoms with E-state index in [2.05, 4.69) is 22.6 Å². The molecule has 0 fully saturated rings. The predicted molar refractivity (Wildman–Crippen MR) is 81.3 cm³/mol. The van der Waals surface area contributed by atoms with Crippen molar-refractivity contribution in [2.24, 2.45) is 0 Å². The number of halogens is 1. The number of alkyl halides is 1. The van der Waals surface area contributed by atoms with E-state index in [-0.39, 0.29) is 6.29 Å². The fourth-order valence-electron chi connectivity index (χ4n) is 1.47. The summed E-state index contributed by atoms with van der Waals surface area (Å²) in [7, 11) is 0. The van der Waals surface area contributed by atoms with E-state index in [4.69, 9.17) is 14.2 Å². The van der Waals surface area contributed by atoms with Crippen molar-refractivity contribution in [3.8, 4) is 5.75 Å². The summed E-state index contributed by atoms with van der Waals surface area (Å²) in [5.41, 5.74) is 1.17. The second kappa shape index (κ2) is 9.58. The Morgan fingerprint density at radius 3 is 2.56 bits per heavy atom. The SMILES string of the molecule is CCOC(C)Oc1ccc(COCCCI)cc1. The van der Waals surface area contributed by atoms with Crippen molar-refractivity contribution in [2.45, 2.75) is 33.2 Å². The van der Waals surface area contributed by atoms with Crippen LogP contribution in [0.4, 0.5) is 0 Å². The van der Waals surface area contributed by atoms with Crippen LogP contribution in [0.3, 0.4) is 0 Å². The molecule has 1 unspecified atom stereocenters. The van der Waals surface area contributed by atoms with Crippen LogP contribution in [-0.4, -0.2) is 23.9 Å². The topological polar surface area (TPSA) is 27.7 Å². The van der Waals surface area contributed by atoms with Crippen molar-refractivity contribution in [1.82, 2.24) is 0 Å². The minimum absolute atomic E-state index is 0.208. The molecule has 1 aromatic carbocycles. The van der Waals surface area contributed by atoms with Gasteiger partial charge in [0.2, 0.25) is 0 Å². The molecule has 0 bridgehead atoms. The van der Waals surface area contributed by atoms with Gasteiger partial charge >= 0.3 is 0 Å². The van der Waals surface area contributed by atoms with Gasteiger partial charge < -0.3 is 14.2 Å². The van der Waals surface area contributed by atoms with Crippen LogP contribution in [0.1, 0.15) is 25.8 Å². The minimum Gasteiger partial charge on any atom is -0.465 e. The Bertz CT molecular complexity index is 313. The van der Waals surface area contributed by atoms with Crippen LogP contribution in [0.5, 0.6) is 5.75 Å².